The van der Waals surface area contributed by atoms with E-state index in [-0.39, 0.29) is 5.92 Å². The van der Waals surface area contributed by atoms with Crippen molar-refractivity contribution in [2.45, 2.75) is 18.6 Å². The van der Waals surface area contributed by atoms with Crippen LogP contribution in [-0.4, -0.2) is 33.5 Å². The third-order valence-electron chi connectivity index (χ3n) is 5.73. The monoisotopic (exact) mass is 441 g/mol. The van der Waals surface area contributed by atoms with Crippen LogP contribution in [0.4, 0.5) is 4.79 Å². The maximum absolute atomic E-state index is 12.3. The van der Waals surface area contributed by atoms with E-state index < -0.39 is 12.4 Å². The van der Waals surface area contributed by atoms with E-state index in [1.165, 1.54) is 22.3 Å². The molecule has 0 unspecified atom stereocenters. The summed E-state index contributed by atoms with van der Waals surface area (Å²) < 4.78 is 16.2. The second-order valence-corrected chi connectivity index (χ2v) is 7.69. The Morgan fingerprint density at radius 2 is 1.52 bits per heavy atom. The van der Waals surface area contributed by atoms with Gasteiger partial charge in [0.05, 0.1) is 0 Å². The van der Waals surface area contributed by atoms with Crippen LogP contribution in [0.1, 0.15) is 40.9 Å². The first-order valence-electron chi connectivity index (χ1n) is 10.9. The molecular weight excluding hydrogens is 414 g/mol. The predicted molar refractivity (Wildman–Crippen MR) is 128 cm³/mol. The average Bonchev–Trinajstić information content (AvgIpc) is 3.18. The molecule has 0 saturated heterocycles. The summed E-state index contributed by atoms with van der Waals surface area (Å²) in [6, 6.07) is 24.3. The maximum atomic E-state index is 12.3. The minimum Gasteiger partial charge on any atom is -0.449 e. The van der Waals surface area contributed by atoms with E-state index in [0.29, 0.717) is 19.6 Å². The van der Waals surface area contributed by atoms with Crippen LogP contribution in [0.5, 0.6) is 0 Å². The lowest BCUT2D eigenvalue weighted by atomic mass is 9.98. The number of hydrogen-bond acceptors (Lipinski definition) is 4. The van der Waals surface area contributed by atoms with Crippen LogP contribution in [0, 0.1) is 11.8 Å². The Labute approximate surface area is 194 Å². The van der Waals surface area contributed by atoms with E-state index in [9.17, 15) is 4.79 Å². The summed E-state index contributed by atoms with van der Waals surface area (Å²) in [6.45, 7) is 0.707. The van der Waals surface area contributed by atoms with Gasteiger partial charge in [-0.1, -0.05) is 78.6 Å². The van der Waals surface area contributed by atoms with Crippen molar-refractivity contribution in [1.29, 1.82) is 0 Å². The lowest BCUT2D eigenvalue weighted by molar-refractivity contribution is -0.106. The van der Waals surface area contributed by atoms with E-state index in [4.69, 9.17) is 14.2 Å². The molecule has 0 fully saturated rings. The number of nitrogens with one attached hydrogen (secondary N) is 1. The Kier molecular flexibility index (Phi) is 7.41. The summed E-state index contributed by atoms with van der Waals surface area (Å²) in [5.74, 6) is 6.28. The number of hydrogen-bond donors (Lipinski definition) is 1. The summed E-state index contributed by atoms with van der Waals surface area (Å²) in [7, 11) is 3.19. The highest BCUT2D eigenvalue weighted by Crippen LogP contribution is 2.44. The van der Waals surface area contributed by atoms with Gasteiger partial charge in [0.1, 0.15) is 6.61 Å². The smallest absolute Gasteiger partial charge is 0.407 e. The highest BCUT2D eigenvalue weighted by Gasteiger charge is 2.28. The van der Waals surface area contributed by atoms with Gasteiger partial charge in [0.2, 0.25) is 0 Å². The first-order chi connectivity index (χ1) is 16.2. The third-order valence-corrected chi connectivity index (χ3v) is 5.73. The van der Waals surface area contributed by atoms with E-state index in [1.807, 2.05) is 48.5 Å². The van der Waals surface area contributed by atoms with Gasteiger partial charge in [0, 0.05) is 44.2 Å². The van der Waals surface area contributed by atoms with Gasteiger partial charge in [-0.2, -0.15) is 0 Å². The van der Waals surface area contributed by atoms with Gasteiger partial charge in [-0.15, -0.1) is 0 Å². The molecule has 0 bridgehead atoms. The van der Waals surface area contributed by atoms with Crippen molar-refractivity contribution in [3.05, 3.63) is 95.1 Å². The Morgan fingerprint density at radius 3 is 2.18 bits per heavy atom. The average molecular weight is 442 g/mol. The molecule has 33 heavy (non-hydrogen) atoms. The summed E-state index contributed by atoms with van der Waals surface area (Å²) in [4.78, 5) is 12.3. The largest absolute Gasteiger partial charge is 0.449 e. The van der Waals surface area contributed by atoms with Crippen molar-refractivity contribution >= 4 is 6.09 Å². The third kappa shape index (κ3) is 5.09. The fourth-order valence-corrected chi connectivity index (χ4v) is 4.20. The van der Waals surface area contributed by atoms with E-state index in [0.717, 1.165) is 11.1 Å². The number of alkyl carbamates (subject to hydrolysis) is 1. The van der Waals surface area contributed by atoms with E-state index in [1.54, 1.807) is 14.2 Å². The minimum atomic E-state index is -0.463. The second kappa shape index (κ2) is 10.8. The minimum absolute atomic E-state index is 0.0500. The number of fused-ring (bicyclic) bond motifs is 3. The second-order valence-electron chi connectivity index (χ2n) is 7.69. The SMILES string of the molecule is COC(OC)c1ccccc1C#CCCNC(=O)OCC1c2ccccc2-c2ccccc21. The zero-order chi connectivity index (χ0) is 23.0. The molecule has 5 nitrogen and oxygen atoms in total. The van der Waals surface area contributed by atoms with Gasteiger partial charge in [0.15, 0.2) is 6.29 Å². The number of carbonyl (C=O) groups excluding carboxylic acids is 1. The topological polar surface area (TPSA) is 56.8 Å². The normalized spacial score (nSPS) is 12.0. The standard InChI is InChI=1S/C28H27NO4/c1-31-27(32-2)21-13-4-3-11-20(21)12-9-10-18-29-28(30)33-19-26-24-16-7-5-14-22(24)23-15-6-8-17-25(23)26/h3-8,11,13-17,26-27H,10,18-19H2,1-2H3,(H,29,30). The van der Waals surface area contributed by atoms with Gasteiger partial charge in [0.25, 0.3) is 0 Å². The van der Waals surface area contributed by atoms with Crippen LogP contribution >= 0.6 is 0 Å². The summed E-state index contributed by atoms with van der Waals surface area (Å²) in [5, 5.41) is 2.79. The Hall–Kier alpha value is -3.59. The molecule has 4 rings (SSSR count). The number of benzene rings is 3. The van der Waals surface area contributed by atoms with Crippen LogP contribution in [0.2, 0.25) is 0 Å². The molecule has 0 radical (unpaired) electrons. The van der Waals surface area contributed by atoms with Crippen LogP contribution < -0.4 is 5.32 Å². The molecule has 168 valence electrons. The van der Waals surface area contributed by atoms with Gasteiger partial charge in [-0.25, -0.2) is 4.79 Å². The molecule has 3 aromatic rings. The summed E-state index contributed by atoms with van der Waals surface area (Å²) in [6.07, 6.45) is -0.393. The maximum Gasteiger partial charge on any atom is 0.407 e. The van der Waals surface area contributed by atoms with E-state index in [2.05, 4.69) is 41.4 Å². The van der Waals surface area contributed by atoms with Crippen molar-refractivity contribution in [2.75, 3.05) is 27.4 Å². The molecule has 0 spiro atoms. The molecule has 1 aliphatic rings. The fraction of sp³-hybridized carbons (Fsp3) is 0.250. The van der Waals surface area contributed by atoms with Crippen molar-refractivity contribution in [2.24, 2.45) is 0 Å². The Morgan fingerprint density at radius 1 is 0.909 bits per heavy atom. The Bertz CT molecular complexity index is 1130. The fourth-order valence-electron chi connectivity index (χ4n) is 4.20. The van der Waals surface area contributed by atoms with Crippen LogP contribution in [0.15, 0.2) is 72.8 Å². The zero-order valence-electron chi connectivity index (χ0n) is 18.8. The van der Waals surface area contributed by atoms with Crippen LogP contribution in [0.3, 0.4) is 0 Å². The molecule has 5 heteroatoms. The first-order valence-corrected chi connectivity index (χ1v) is 10.9. The molecular formula is C28H27NO4. The molecule has 1 amide bonds. The molecule has 0 heterocycles. The van der Waals surface area contributed by atoms with Crippen molar-refractivity contribution in [3.8, 4) is 23.0 Å². The quantitative estimate of drug-likeness (QED) is 0.309. The molecule has 0 aliphatic heterocycles. The van der Waals surface area contributed by atoms with E-state index >= 15 is 0 Å². The van der Waals surface area contributed by atoms with Crippen LogP contribution in [0.25, 0.3) is 11.1 Å². The summed E-state index contributed by atoms with van der Waals surface area (Å²) in [5.41, 5.74) is 6.53. The number of carbonyl (C=O) groups is 1. The lowest BCUT2D eigenvalue weighted by Crippen LogP contribution is -2.26. The van der Waals surface area contributed by atoms with Crippen molar-refractivity contribution in [1.82, 2.24) is 5.32 Å². The Balaban J connectivity index is 1.29. The number of amides is 1. The molecule has 0 saturated carbocycles. The zero-order valence-corrected chi connectivity index (χ0v) is 18.8. The number of methoxy groups -OCH3 is 2. The first kappa shape index (κ1) is 22.6. The van der Waals surface area contributed by atoms with Gasteiger partial charge in [-0.3, -0.25) is 0 Å². The van der Waals surface area contributed by atoms with Crippen LogP contribution in [-0.2, 0) is 14.2 Å². The molecule has 1 N–H and O–H groups in total. The lowest BCUT2D eigenvalue weighted by Gasteiger charge is -2.15. The molecule has 1 aliphatic carbocycles. The number of ether oxygens (including phenoxy) is 3. The molecule has 0 atom stereocenters. The molecule has 0 aromatic heterocycles. The van der Waals surface area contributed by atoms with Gasteiger partial charge >= 0.3 is 6.09 Å². The predicted octanol–water partition coefficient (Wildman–Crippen LogP) is 5.26. The van der Waals surface area contributed by atoms with Crippen molar-refractivity contribution < 1.29 is 19.0 Å². The van der Waals surface area contributed by atoms with Gasteiger partial charge < -0.3 is 19.5 Å². The molecule has 3 aromatic carbocycles. The number of rotatable bonds is 7. The van der Waals surface area contributed by atoms with Crippen molar-refractivity contribution in [3.63, 3.8) is 0 Å². The summed E-state index contributed by atoms with van der Waals surface area (Å²) >= 11 is 0. The van der Waals surface area contributed by atoms with Gasteiger partial charge in [-0.05, 0) is 28.3 Å². The highest BCUT2D eigenvalue weighted by atomic mass is 16.7. The highest BCUT2D eigenvalue weighted by molar-refractivity contribution is 5.79.